The monoisotopic (exact) mass is 156 g/mol. The van der Waals surface area contributed by atoms with E-state index in [2.05, 4.69) is 19.2 Å². The van der Waals surface area contributed by atoms with Gasteiger partial charge in [0.05, 0.1) is 0 Å². The number of rotatable bonds is 5. The fourth-order valence-corrected chi connectivity index (χ4v) is 1.39. The highest BCUT2D eigenvalue weighted by atomic mass is 14.9. The Bertz CT molecular complexity index is 114. The van der Waals surface area contributed by atoms with Crippen molar-refractivity contribution in [2.75, 3.05) is 13.1 Å². The van der Waals surface area contributed by atoms with Gasteiger partial charge in [0.1, 0.15) is 0 Å². The zero-order valence-corrected chi connectivity index (χ0v) is 7.64. The molecule has 0 bridgehead atoms. The van der Waals surface area contributed by atoms with Crippen molar-refractivity contribution in [1.82, 2.24) is 5.32 Å². The summed E-state index contributed by atoms with van der Waals surface area (Å²) in [4.78, 5) is 0. The van der Waals surface area contributed by atoms with Crippen molar-refractivity contribution in [2.45, 2.75) is 32.7 Å². The van der Waals surface area contributed by atoms with Gasteiger partial charge in [-0.05, 0) is 44.7 Å². The molecule has 0 aromatic carbocycles. The molecule has 2 nitrogen and oxygen atoms in total. The average molecular weight is 156 g/mol. The summed E-state index contributed by atoms with van der Waals surface area (Å²) >= 11 is 0. The van der Waals surface area contributed by atoms with Crippen LogP contribution in [-0.4, -0.2) is 19.1 Å². The van der Waals surface area contributed by atoms with Gasteiger partial charge >= 0.3 is 0 Å². The first-order valence-electron chi connectivity index (χ1n) is 4.67. The summed E-state index contributed by atoms with van der Waals surface area (Å²) in [6.45, 7) is 6.52. The van der Waals surface area contributed by atoms with Crippen LogP contribution in [0.15, 0.2) is 0 Å². The van der Waals surface area contributed by atoms with Gasteiger partial charge in [0.2, 0.25) is 0 Å². The van der Waals surface area contributed by atoms with E-state index in [1.807, 2.05) is 0 Å². The predicted octanol–water partition coefficient (Wildman–Crippen LogP) is 0.969. The number of nitrogens with one attached hydrogen (secondary N) is 1. The smallest absolute Gasteiger partial charge is 0.00508 e. The Labute approximate surface area is 69.5 Å². The second kappa shape index (κ2) is 4.07. The van der Waals surface area contributed by atoms with Crippen molar-refractivity contribution in [3.8, 4) is 0 Å². The van der Waals surface area contributed by atoms with Gasteiger partial charge in [-0.2, -0.15) is 0 Å². The lowest BCUT2D eigenvalue weighted by molar-refractivity contribution is 0.495. The second-order valence-electron chi connectivity index (χ2n) is 3.86. The molecule has 3 atom stereocenters. The quantitative estimate of drug-likeness (QED) is 0.622. The summed E-state index contributed by atoms with van der Waals surface area (Å²) in [5.41, 5.74) is 5.44. The number of hydrogen-bond acceptors (Lipinski definition) is 2. The van der Waals surface area contributed by atoms with Crippen LogP contribution in [0, 0.1) is 11.8 Å². The first-order valence-corrected chi connectivity index (χ1v) is 4.67. The first-order chi connectivity index (χ1) is 5.24. The standard InChI is InChI=1S/C9H20N2/c1-7-5-9(7)6-11-8(2)3-4-10/h7-9,11H,3-6,10H2,1-2H3/t7?,8-,9+/m0/s1. The number of hydrogen-bond donors (Lipinski definition) is 2. The van der Waals surface area contributed by atoms with E-state index in [0.717, 1.165) is 24.8 Å². The molecule has 0 aromatic rings. The van der Waals surface area contributed by atoms with Crippen LogP contribution in [0.25, 0.3) is 0 Å². The molecule has 1 saturated carbocycles. The molecule has 0 aliphatic heterocycles. The molecular formula is C9H20N2. The SMILES string of the molecule is CC1C[C@@H]1CN[C@@H](C)CCN. The third-order valence-electron chi connectivity index (χ3n) is 2.60. The summed E-state index contributed by atoms with van der Waals surface area (Å²) < 4.78 is 0. The van der Waals surface area contributed by atoms with Gasteiger partial charge in [-0.3, -0.25) is 0 Å². The summed E-state index contributed by atoms with van der Waals surface area (Å²) in [6, 6.07) is 0.604. The maximum absolute atomic E-state index is 5.44. The van der Waals surface area contributed by atoms with Crippen molar-refractivity contribution in [3.63, 3.8) is 0 Å². The van der Waals surface area contributed by atoms with Gasteiger partial charge in [-0.15, -0.1) is 0 Å². The van der Waals surface area contributed by atoms with Gasteiger partial charge in [0.15, 0.2) is 0 Å². The van der Waals surface area contributed by atoms with E-state index in [0.29, 0.717) is 6.04 Å². The fourth-order valence-electron chi connectivity index (χ4n) is 1.39. The van der Waals surface area contributed by atoms with Crippen molar-refractivity contribution >= 4 is 0 Å². The van der Waals surface area contributed by atoms with E-state index in [4.69, 9.17) is 5.73 Å². The third-order valence-corrected chi connectivity index (χ3v) is 2.60. The van der Waals surface area contributed by atoms with Crippen molar-refractivity contribution in [3.05, 3.63) is 0 Å². The van der Waals surface area contributed by atoms with Gasteiger partial charge in [-0.25, -0.2) is 0 Å². The van der Waals surface area contributed by atoms with Crippen LogP contribution in [0.3, 0.4) is 0 Å². The average Bonchev–Trinajstić information content (AvgIpc) is 2.63. The van der Waals surface area contributed by atoms with E-state index < -0.39 is 0 Å². The topological polar surface area (TPSA) is 38.0 Å². The summed E-state index contributed by atoms with van der Waals surface area (Å²) in [7, 11) is 0. The zero-order valence-electron chi connectivity index (χ0n) is 7.64. The highest BCUT2D eigenvalue weighted by Crippen LogP contribution is 2.36. The lowest BCUT2D eigenvalue weighted by Crippen LogP contribution is -2.30. The highest BCUT2D eigenvalue weighted by Gasteiger charge is 2.31. The van der Waals surface area contributed by atoms with Crippen LogP contribution in [-0.2, 0) is 0 Å². The van der Waals surface area contributed by atoms with Crippen molar-refractivity contribution < 1.29 is 0 Å². The lowest BCUT2D eigenvalue weighted by atomic mass is 10.2. The molecule has 0 saturated heterocycles. The van der Waals surface area contributed by atoms with Gasteiger partial charge in [0.25, 0.3) is 0 Å². The van der Waals surface area contributed by atoms with E-state index >= 15 is 0 Å². The molecule has 1 aliphatic rings. The maximum Gasteiger partial charge on any atom is 0.00508 e. The van der Waals surface area contributed by atoms with E-state index in [1.54, 1.807) is 0 Å². The molecule has 1 unspecified atom stereocenters. The molecule has 0 aromatic heterocycles. The molecule has 11 heavy (non-hydrogen) atoms. The molecule has 0 spiro atoms. The zero-order chi connectivity index (χ0) is 8.27. The Morgan fingerprint density at radius 3 is 2.73 bits per heavy atom. The largest absolute Gasteiger partial charge is 0.330 e. The van der Waals surface area contributed by atoms with Crippen molar-refractivity contribution in [2.24, 2.45) is 17.6 Å². The highest BCUT2D eigenvalue weighted by molar-refractivity contribution is 4.84. The summed E-state index contributed by atoms with van der Waals surface area (Å²) in [5, 5.41) is 3.50. The Kier molecular flexibility index (Phi) is 3.34. The second-order valence-corrected chi connectivity index (χ2v) is 3.86. The first kappa shape index (κ1) is 9.01. The molecule has 0 heterocycles. The maximum atomic E-state index is 5.44. The van der Waals surface area contributed by atoms with Crippen LogP contribution < -0.4 is 11.1 Å². The summed E-state index contributed by atoms with van der Waals surface area (Å²) in [6.07, 6.45) is 2.52. The van der Waals surface area contributed by atoms with Crippen LogP contribution >= 0.6 is 0 Å². The van der Waals surface area contributed by atoms with E-state index in [1.165, 1.54) is 13.0 Å². The molecule has 0 amide bonds. The molecule has 3 N–H and O–H groups in total. The minimum absolute atomic E-state index is 0.604. The molecular weight excluding hydrogens is 136 g/mol. The number of nitrogens with two attached hydrogens (primary N) is 1. The Hall–Kier alpha value is -0.0800. The minimum atomic E-state index is 0.604. The Morgan fingerprint density at radius 2 is 2.27 bits per heavy atom. The van der Waals surface area contributed by atoms with Gasteiger partial charge < -0.3 is 11.1 Å². The van der Waals surface area contributed by atoms with Crippen LogP contribution in [0.1, 0.15) is 26.7 Å². The molecule has 1 fully saturated rings. The van der Waals surface area contributed by atoms with Crippen molar-refractivity contribution in [1.29, 1.82) is 0 Å². The summed E-state index contributed by atoms with van der Waals surface area (Å²) in [5.74, 6) is 1.92. The molecule has 66 valence electrons. The van der Waals surface area contributed by atoms with Crippen LogP contribution in [0.5, 0.6) is 0 Å². The van der Waals surface area contributed by atoms with Crippen LogP contribution in [0.2, 0.25) is 0 Å². The molecule has 1 aliphatic carbocycles. The fraction of sp³-hybridized carbons (Fsp3) is 1.00. The normalized spacial score (nSPS) is 31.9. The Morgan fingerprint density at radius 1 is 1.64 bits per heavy atom. The molecule has 0 radical (unpaired) electrons. The third kappa shape index (κ3) is 3.21. The Balaban J connectivity index is 1.94. The molecule has 2 heteroatoms. The predicted molar refractivity (Wildman–Crippen MR) is 48.4 cm³/mol. The van der Waals surface area contributed by atoms with E-state index in [-0.39, 0.29) is 0 Å². The van der Waals surface area contributed by atoms with Gasteiger partial charge in [0, 0.05) is 6.04 Å². The van der Waals surface area contributed by atoms with E-state index in [9.17, 15) is 0 Å². The van der Waals surface area contributed by atoms with Gasteiger partial charge in [-0.1, -0.05) is 6.92 Å². The minimum Gasteiger partial charge on any atom is -0.330 e. The molecule has 1 rings (SSSR count). The van der Waals surface area contributed by atoms with Crippen LogP contribution in [0.4, 0.5) is 0 Å². The lowest BCUT2D eigenvalue weighted by Gasteiger charge is -2.11.